The van der Waals surface area contributed by atoms with Crippen molar-refractivity contribution < 1.29 is 4.79 Å². The van der Waals surface area contributed by atoms with Crippen molar-refractivity contribution in [3.63, 3.8) is 0 Å². The maximum absolute atomic E-state index is 11.5. The number of hydrogen-bond acceptors (Lipinski definition) is 2. The average molecular weight is 226 g/mol. The van der Waals surface area contributed by atoms with E-state index < -0.39 is 0 Å². The first-order chi connectivity index (χ1) is 7.66. The Morgan fingerprint density at radius 2 is 1.94 bits per heavy atom. The first-order valence-electron chi connectivity index (χ1n) is 6.68. The van der Waals surface area contributed by atoms with Crippen molar-refractivity contribution >= 4 is 5.91 Å². The molecule has 0 aliphatic heterocycles. The fourth-order valence-electron chi connectivity index (χ4n) is 2.27. The first-order valence-corrected chi connectivity index (χ1v) is 6.68. The Hall–Kier alpha value is -0.570. The van der Waals surface area contributed by atoms with Crippen molar-refractivity contribution in [2.24, 2.45) is 0 Å². The molecule has 0 aromatic carbocycles. The van der Waals surface area contributed by atoms with Crippen LogP contribution in [0.1, 0.15) is 58.8 Å². The van der Waals surface area contributed by atoms with Crippen LogP contribution in [-0.2, 0) is 4.79 Å². The van der Waals surface area contributed by atoms with Gasteiger partial charge in [-0.05, 0) is 26.2 Å². The third kappa shape index (κ3) is 4.97. The molecule has 1 aliphatic carbocycles. The maximum atomic E-state index is 11.5. The van der Waals surface area contributed by atoms with Crippen LogP contribution in [-0.4, -0.2) is 24.5 Å². The molecule has 1 fully saturated rings. The lowest BCUT2D eigenvalue weighted by atomic mass is 9.83. The summed E-state index contributed by atoms with van der Waals surface area (Å²) in [7, 11) is 0. The molecule has 0 atom stereocenters. The van der Waals surface area contributed by atoms with Crippen LogP contribution in [0.4, 0.5) is 0 Å². The van der Waals surface area contributed by atoms with Crippen LogP contribution < -0.4 is 10.6 Å². The molecule has 0 aromatic heterocycles. The lowest BCUT2D eigenvalue weighted by Gasteiger charge is -2.34. The highest BCUT2D eigenvalue weighted by molar-refractivity contribution is 5.78. The molecular formula is C13H26N2O. The van der Waals surface area contributed by atoms with Crippen molar-refractivity contribution in [3.8, 4) is 0 Å². The van der Waals surface area contributed by atoms with Gasteiger partial charge in [0.05, 0.1) is 6.54 Å². The van der Waals surface area contributed by atoms with Gasteiger partial charge in [0.15, 0.2) is 0 Å². The van der Waals surface area contributed by atoms with Crippen molar-refractivity contribution in [2.45, 2.75) is 64.3 Å². The number of carbonyl (C=O) groups is 1. The van der Waals surface area contributed by atoms with E-state index in [0.717, 1.165) is 19.4 Å². The lowest BCUT2D eigenvalue weighted by Crippen LogP contribution is -2.48. The van der Waals surface area contributed by atoms with Gasteiger partial charge in [0.1, 0.15) is 0 Å². The molecular weight excluding hydrogens is 200 g/mol. The van der Waals surface area contributed by atoms with Gasteiger partial charge in [0, 0.05) is 12.1 Å². The predicted octanol–water partition coefficient (Wildman–Crippen LogP) is 2.22. The van der Waals surface area contributed by atoms with E-state index >= 15 is 0 Å². The molecule has 16 heavy (non-hydrogen) atoms. The number of carbonyl (C=O) groups excluding carboxylic acids is 1. The zero-order valence-electron chi connectivity index (χ0n) is 10.8. The molecule has 3 heteroatoms. The topological polar surface area (TPSA) is 41.1 Å². The lowest BCUT2D eigenvalue weighted by molar-refractivity contribution is -0.120. The molecule has 0 aromatic rings. The number of unbranched alkanes of at least 4 members (excludes halogenated alkanes) is 1. The van der Waals surface area contributed by atoms with Crippen LogP contribution in [0.3, 0.4) is 0 Å². The Morgan fingerprint density at radius 3 is 2.56 bits per heavy atom. The van der Waals surface area contributed by atoms with Crippen molar-refractivity contribution in [3.05, 3.63) is 0 Å². The smallest absolute Gasteiger partial charge is 0.233 e. The minimum Gasteiger partial charge on any atom is -0.355 e. The highest BCUT2D eigenvalue weighted by Crippen LogP contribution is 2.27. The SMILES string of the molecule is CCCCNC(=O)CNC1(C)CCCCC1. The summed E-state index contributed by atoms with van der Waals surface area (Å²) < 4.78 is 0. The van der Waals surface area contributed by atoms with Gasteiger partial charge in [-0.2, -0.15) is 0 Å². The normalized spacial score (nSPS) is 19.4. The predicted molar refractivity (Wildman–Crippen MR) is 67.4 cm³/mol. The van der Waals surface area contributed by atoms with Gasteiger partial charge >= 0.3 is 0 Å². The standard InChI is InChI=1S/C13H26N2O/c1-3-4-10-14-12(16)11-15-13(2)8-6-5-7-9-13/h15H,3-11H2,1-2H3,(H,14,16). The van der Waals surface area contributed by atoms with Gasteiger partial charge in [-0.25, -0.2) is 0 Å². The number of nitrogens with one attached hydrogen (secondary N) is 2. The number of rotatable bonds is 6. The number of amides is 1. The van der Waals surface area contributed by atoms with Gasteiger partial charge in [0.2, 0.25) is 5.91 Å². The van der Waals surface area contributed by atoms with Crippen LogP contribution in [0.25, 0.3) is 0 Å². The number of hydrogen-bond donors (Lipinski definition) is 2. The van der Waals surface area contributed by atoms with E-state index in [2.05, 4.69) is 24.5 Å². The zero-order valence-corrected chi connectivity index (χ0v) is 10.8. The van der Waals surface area contributed by atoms with Gasteiger partial charge in [-0.15, -0.1) is 0 Å². The third-order valence-electron chi connectivity index (χ3n) is 3.49. The van der Waals surface area contributed by atoms with Crippen LogP contribution in [0, 0.1) is 0 Å². The molecule has 1 aliphatic rings. The molecule has 0 spiro atoms. The highest BCUT2D eigenvalue weighted by atomic mass is 16.1. The molecule has 0 radical (unpaired) electrons. The summed E-state index contributed by atoms with van der Waals surface area (Å²) in [6, 6.07) is 0. The Balaban J connectivity index is 2.14. The van der Waals surface area contributed by atoms with E-state index in [-0.39, 0.29) is 11.4 Å². The van der Waals surface area contributed by atoms with Gasteiger partial charge in [-0.3, -0.25) is 4.79 Å². The van der Waals surface area contributed by atoms with E-state index in [1.54, 1.807) is 0 Å². The Bertz CT molecular complexity index is 210. The van der Waals surface area contributed by atoms with Crippen molar-refractivity contribution in [1.82, 2.24) is 10.6 Å². The Morgan fingerprint density at radius 1 is 1.25 bits per heavy atom. The molecule has 2 N–H and O–H groups in total. The maximum Gasteiger partial charge on any atom is 0.233 e. The zero-order chi connectivity index (χ0) is 11.9. The van der Waals surface area contributed by atoms with E-state index in [4.69, 9.17) is 0 Å². The minimum atomic E-state index is 0.139. The summed E-state index contributed by atoms with van der Waals surface area (Å²) in [6.07, 6.45) is 8.54. The molecule has 1 rings (SSSR count). The summed E-state index contributed by atoms with van der Waals surface area (Å²) in [5.74, 6) is 0.139. The van der Waals surface area contributed by atoms with Crippen LogP contribution in [0.2, 0.25) is 0 Å². The summed E-state index contributed by atoms with van der Waals surface area (Å²) in [5, 5.41) is 6.35. The fraction of sp³-hybridized carbons (Fsp3) is 0.923. The average Bonchev–Trinajstić information content (AvgIpc) is 2.28. The van der Waals surface area contributed by atoms with Gasteiger partial charge in [0.25, 0.3) is 0 Å². The highest BCUT2D eigenvalue weighted by Gasteiger charge is 2.26. The quantitative estimate of drug-likeness (QED) is 0.682. The van der Waals surface area contributed by atoms with E-state index in [0.29, 0.717) is 6.54 Å². The summed E-state index contributed by atoms with van der Waals surface area (Å²) in [5.41, 5.74) is 0.195. The molecule has 0 bridgehead atoms. The molecule has 1 amide bonds. The summed E-state index contributed by atoms with van der Waals surface area (Å²) in [6.45, 7) is 5.66. The van der Waals surface area contributed by atoms with Crippen molar-refractivity contribution in [1.29, 1.82) is 0 Å². The molecule has 0 unspecified atom stereocenters. The second kappa shape index (κ2) is 6.89. The van der Waals surface area contributed by atoms with Crippen LogP contribution in [0.5, 0.6) is 0 Å². The second-order valence-corrected chi connectivity index (χ2v) is 5.18. The molecule has 0 saturated heterocycles. The van der Waals surface area contributed by atoms with E-state index in [1.807, 2.05) is 0 Å². The first kappa shape index (κ1) is 13.5. The molecule has 3 nitrogen and oxygen atoms in total. The molecule has 0 heterocycles. The van der Waals surface area contributed by atoms with Crippen LogP contribution in [0.15, 0.2) is 0 Å². The molecule has 1 saturated carbocycles. The Labute approximate surface area is 99.4 Å². The summed E-state index contributed by atoms with van der Waals surface area (Å²) >= 11 is 0. The van der Waals surface area contributed by atoms with E-state index in [9.17, 15) is 4.79 Å². The summed E-state index contributed by atoms with van der Waals surface area (Å²) in [4.78, 5) is 11.5. The largest absolute Gasteiger partial charge is 0.355 e. The molecule has 94 valence electrons. The fourth-order valence-corrected chi connectivity index (χ4v) is 2.27. The third-order valence-corrected chi connectivity index (χ3v) is 3.49. The van der Waals surface area contributed by atoms with Crippen molar-refractivity contribution in [2.75, 3.05) is 13.1 Å². The minimum absolute atomic E-state index is 0.139. The van der Waals surface area contributed by atoms with Crippen LogP contribution >= 0.6 is 0 Å². The second-order valence-electron chi connectivity index (χ2n) is 5.18. The van der Waals surface area contributed by atoms with E-state index in [1.165, 1.54) is 32.1 Å². The van der Waals surface area contributed by atoms with Gasteiger partial charge in [-0.1, -0.05) is 32.6 Å². The monoisotopic (exact) mass is 226 g/mol. The Kier molecular flexibility index (Phi) is 5.81. The van der Waals surface area contributed by atoms with Gasteiger partial charge < -0.3 is 10.6 Å².